The lowest BCUT2D eigenvalue weighted by atomic mass is 9.92. The van der Waals surface area contributed by atoms with E-state index in [-0.39, 0.29) is 18.4 Å². The van der Waals surface area contributed by atoms with Crippen LogP contribution in [0.15, 0.2) is 12.1 Å². The summed E-state index contributed by atoms with van der Waals surface area (Å²) in [7, 11) is 0. The molecule has 0 saturated carbocycles. The number of alkyl halides is 3. The SMILES string of the molecule is Cl.FC(F)(F)c1ccc2c(n1)C[C@H]1CCCN[C@@H]21. The maximum atomic E-state index is 12.5. The number of hydrogen-bond acceptors (Lipinski definition) is 2. The van der Waals surface area contributed by atoms with E-state index in [2.05, 4.69) is 10.3 Å². The summed E-state index contributed by atoms with van der Waals surface area (Å²) in [4.78, 5) is 3.78. The van der Waals surface area contributed by atoms with Crippen molar-refractivity contribution in [2.45, 2.75) is 31.5 Å². The van der Waals surface area contributed by atoms with Crippen LogP contribution in [0.25, 0.3) is 0 Å². The second-order valence-electron chi connectivity index (χ2n) is 4.77. The van der Waals surface area contributed by atoms with Gasteiger partial charge in [-0.1, -0.05) is 6.07 Å². The van der Waals surface area contributed by atoms with E-state index in [9.17, 15) is 13.2 Å². The first-order valence-electron chi connectivity index (χ1n) is 5.86. The zero-order chi connectivity index (χ0) is 12.0. The molecule has 1 aliphatic carbocycles. The van der Waals surface area contributed by atoms with Crippen molar-refractivity contribution in [2.75, 3.05) is 6.54 Å². The zero-order valence-electron chi connectivity index (χ0n) is 9.63. The van der Waals surface area contributed by atoms with E-state index in [1.165, 1.54) is 0 Å². The second kappa shape index (κ2) is 4.70. The van der Waals surface area contributed by atoms with Gasteiger partial charge in [-0.3, -0.25) is 0 Å². The van der Waals surface area contributed by atoms with Crippen LogP contribution >= 0.6 is 12.4 Å². The number of pyridine rings is 1. The van der Waals surface area contributed by atoms with Crippen molar-refractivity contribution in [3.05, 3.63) is 29.1 Å². The highest BCUT2D eigenvalue weighted by Crippen LogP contribution is 2.41. The van der Waals surface area contributed by atoms with Gasteiger partial charge >= 0.3 is 6.18 Å². The first-order chi connectivity index (χ1) is 8.05. The molecule has 1 aromatic rings. The van der Waals surface area contributed by atoms with E-state index in [1.54, 1.807) is 6.07 Å². The van der Waals surface area contributed by atoms with Crippen molar-refractivity contribution in [3.63, 3.8) is 0 Å². The van der Waals surface area contributed by atoms with Gasteiger partial charge in [0.1, 0.15) is 5.69 Å². The minimum absolute atomic E-state index is 0. The van der Waals surface area contributed by atoms with Crippen LogP contribution in [0.5, 0.6) is 0 Å². The predicted molar refractivity (Wildman–Crippen MR) is 63.7 cm³/mol. The van der Waals surface area contributed by atoms with Crippen molar-refractivity contribution in [1.82, 2.24) is 10.3 Å². The third-order valence-electron chi connectivity index (χ3n) is 3.68. The van der Waals surface area contributed by atoms with E-state index < -0.39 is 11.9 Å². The molecule has 1 aromatic heterocycles. The summed E-state index contributed by atoms with van der Waals surface area (Å²) < 4.78 is 37.6. The molecule has 0 radical (unpaired) electrons. The molecule has 1 N–H and O–H groups in total. The lowest BCUT2D eigenvalue weighted by Gasteiger charge is -2.26. The minimum atomic E-state index is -4.34. The Labute approximate surface area is 109 Å². The third kappa shape index (κ3) is 2.21. The Bertz CT molecular complexity index is 447. The van der Waals surface area contributed by atoms with Gasteiger partial charge in [0.15, 0.2) is 0 Å². The standard InChI is InChI=1S/C12H13F3N2.ClH/c13-12(14,15)10-4-3-8-9(17-10)6-7-2-1-5-16-11(7)8;/h3-4,7,11,16H,1-2,5-6H2;1H/t7-,11-;/m1./s1. The Hall–Kier alpha value is -0.810. The van der Waals surface area contributed by atoms with Crippen LogP contribution in [0.2, 0.25) is 0 Å². The van der Waals surface area contributed by atoms with Crippen LogP contribution in [0.4, 0.5) is 13.2 Å². The van der Waals surface area contributed by atoms with Gasteiger partial charge in [0.25, 0.3) is 0 Å². The topological polar surface area (TPSA) is 24.9 Å². The normalized spacial score (nSPS) is 26.2. The smallest absolute Gasteiger partial charge is 0.310 e. The first kappa shape index (κ1) is 13.6. The van der Waals surface area contributed by atoms with E-state index in [0.717, 1.165) is 31.0 Å². The molecule has 6 heteroatoms. The van der Waals surface area contributed by atoms with Crippen LogP contribution in [0.3, 0.4) is 0 Å². The summed E-state index contributed by atoms with van der Waals surface area (Å²) in [6.45, 7) is 0.946. The van der Waals surface area contributed by atoms with Crippen molar-refractivity contribution in [2.24, 2.45) is 5.92 Å². The molecule has 2 heterocycles. The minimum Gasteiger partial charge on any atom is -0.310 e. The van der Waals surface area contributed by atoms with E-state index in [1.807, 2.05) is 0 Å². The van der Waals surface area contributed by atoms with Crippen molar-refractivity contribution >= 4 is 12.4 Å². The molecule has 0 spiro atoms. The molecule has 3 rings (SSSR count). The van der Waals surface area contributed by atoms with Crippen LogP contribution in [-0.4, -0.2) is 11.5 Å². The Morgan fingerprint density at radius 3 is 2.78 bits per heavy atom. The Kier molecular flexibility index (Phi) is 3.56. The highest BCUT2D eigenvalue weighted by molar-refractivity contribution is 5.85. The summed E-state index contributed by atoms with van der Waals surface area (Å²) in [5, 5.41) is 3.37. The highest BCUT2D eigenvalue weighted by Gasteiger charge is 2.38. The van der Waals surface area contributed by atoms with Gasteiger partial charge in [0.2, 0.25) is 0 Å². The molecule has 100 valence electrons. The fraction of sp³-hybridized carbons (Fsp3) is 0.583. The number of rotatable bonds is 0. The predicted octanol–water partition coefficient (Wildman–Crippen LogP) is 3.12. The van der Waals surface area contributed by atoms with Gasteiger partial charge in [-0.15, -0.1) is 12.4 Å². The molecule has 2 aliphatic rings. The van der Waals surface area contributed by atoms with Crippen LogP contribution in [-0.2, 0) is 12.6 Å². The van der Waals surface area contributed by atoms with E-state index >= 15 is 0 Å². The molecule has 0 bridgehead atoms. The summed E-state index contributed by atoms with van der Waals surface area (Å²) >= 11 is 0. The molecule has 1 fully saturated rings. The average molecular weight is 279 g/mol. The van der Waals surface area contributed by atoms with E-state index in [4.69, 9.17) is 0 Å². The van der Waals surface area contributed by atoms with Gasteiger partial charge in [0, 0.05) is 11.7 Å². The molecule has 2 atom stereocenters. The maximum absolute atomic E-state index is 12.5. The molecular weight excluding hydrogens is 265 g/mol. The quantitative estimate of drug-likeness (QED) is 0.789. The van der Waals surface area contributed by atoms with Crippen LogP contribution < -0.4 is 5.32 Å². The maximum Gasteiger partial charge on any atom is 0.433 e. The molecule has 18 heavy (non-hydrogen) atoms. The lowest BCUT2D eigenvalue weighted by Crippen LogP contribution is -2.31. The summed E-state index contributed by atoms with van der Waals surface area (Å²) in [6, 6.07) is 2.90. The number of nitrogens with zero attached hydrogens (tertiary/aromatic N) is 1. The second-order valence-corrected chi connectivity index (χ2v) is 4.77. The summed E-state index contributed by atoms with van der Waals surface area (Å²) in [5.74, 6) is 0.426. The van der Waals surface area contributed by atoms with Gasteiger partial charge in [-0.2, -0.15) is 13.2 Å². The molecular formula is C12H14ClF3N2. The van der Waals surface area contributed by atoms with Crippen molar-refractivity contribution in [1.29, 1.82) is 0 Å². The molecule has 1 aliphatic heterocycles. The highest BCUT2D eigenvalue weighted by atomic mass is 35.5. The lowest BCUT2D eigenvalue weighted by molar-refractivity contribution is -0.141. The molecule has 1 saturated heterocycles. The number of fused-ring (bicyclic) bond motifs is 3. The average Bonchev–Trinajstić information content (AvgIpc) is 2.65. The summed E-state index contributed by atoms with van der Waals surface area (Å²) in [6.07, 6.45) is -1.48. The number of hydrogen-bond donors (Lipinski definition) is 1. The van der Waals surface area contributed by atoms with Gasteiger partial charge < -0.3 is 5.32 Å². The van der Waals surface area contributed by atoms with Crippen LogP contribution in [0, 0.1) is 5.92 Å². The van der Waals surface area contributed by atoms with Crippen molar-refractivity contribution in [3.8, 4) is 0 Å². The fourth-order valence-electron chi connectivity index (χ4n) is 2.90. The van der Waals surface area contributed by atoms with Crippen LogP contribution in [0.1, 0.15) is 35.8 Å². The number of halogens is 4. The molecule has 0 amide bonds. The van der Waals surface area contributed by atoms with Gasteiger partial charge in [-0.05, 0) is 43.4 Å². The zero-order valence-corrected chi connectivity index (χ0v) is 10.4. The molecule has 0 aromatic carbocycles. The Balaban J connectivity index is 0.00000120. The first-order valence-corrected chi connectivity index (χ1v) is 5.86. The van der Waals surface area contributed by atoms with E-state index in [0.29, 0.717) is 18.0 Å². The van der Waals surface area contributed by atoms with Gasteiger partial charge in [-0.25, -0.2) is 4.98 Å². The molecule has 2 nitrogen and oxygen atoms in total. The monoisotopic (exact) mass is 278 g/mol. The third-order valence-corrected chi connectivity index (χ3v) is 3.68. The molecule has 0 unspecified atom stereocenters. The Morgan fingerprint density at radius 2 is 2.06 bits per heavy atom. The van der Waals surface area contributed by atoms with Crippen molar-refractivity contribution < 1.29 is 13.2 Å². The fourth-order valence-corrected chi connectivity index (χ4v) is 2.90. The Morgan fingerprint density at radius 1 is 1.28 bits per heavy atom. The summed E-state index contributed by atoms with van der Waals surface area (Å²) in [5.41, 5.74) is 0.821. The number of nitrogens with one attached hydrogen (secondary N) is 1. The largest absolute Gasteiger partial charge is 0.433 e. The number of piperidine rings is 1. The number of aromatic nitrogens is 1. The van der Waals surface area contributed by atoms with Gasteiger partial charge in [0.05, 0.1) is 0 Å².